The molecule has 1 N–H and O–H groups in total. The monoisotopic (exact) mass is 547 g/mol. The third-order valence-electron chi connectivity index (χ3n) is 8.91. The third kappa shape index (κ3) is 7.17. The smallest absolute Gasteiger partial charge is 0.253 e. The maximum absolute atomic E-state index is 13.5. The Hall–Kier alpha value is -3.06. The van der Waals surface area contributed by atoms with E-state index in [1.165, 1.54) is 24.8 Å². The number of carbonyl (C=O) groups excluding carboxylic acids is 2. The van der Waals surface area contributed by atoms with Crippen molar-refractivity contribution in [2.45, 2.75) is 70.8 Å². The van der Waals surface area contributed by atoms with E-state index < -0.39 is 5.41 Å². The second kappa shape index (κ2) is 13.5. The van der Waals surface area contributed by atoms with Gasteiger partial charge in [-0.05, 0) is 101 Å². The summed E-state index contributed by atoms with van der Waals surface area (Å²) in [5.74, 6) is 1.86. The van der Waals surface area contributed by atoms with Crippen LogP contribution in [-0.4, -0.2) is 73.6 Å². The summed E-state index contributed by atoms with van der Waals surface area (Å²) < 4.78 is 12.0. The number of ether oxygens (including phenoxy) is 2. The van der Waals surface area contributed by atoms with E-state index in [0.29, 0.717) is 44.7 Å². The summed E-state index contributed by atoms with van der Waals surface area (Å²) in [6, 6.07) is 15.7. The van der Waals surface area contributed by atoms with E-state index in [0.717, 1.165) is 56.8 Å². The molecule has 2 aromatic carbocycles. The second-order valence-electron chi connectivity index (χ2n) is 11.8. The van der Waals surface area contributed by atoms with Crippen LogP contribution >= 0.6 is 0 Å². The highest BCUT2D eigenvalue weighted by atomic mass is 16.5. The molecule has 0 saturated carbocycles. The van der Waals surface area contributed by atoms with Gasteiger partial charge in [0.25, 0.3) is 5.91 Å². The number of piperidine rings is 2. The Kier molecular flexibility index (Phi) is 9.63. The van der Waals surface area contributed by atoms with Gasteiger partial charge in [-0.3, -0.25) is 14.5 Å². The lowest BCUT2D eigenvalue weighted by atomic mass is 9.73. The van der Waals surface area contributed by atoms with Crippen LogP contribution in [-0.2, 0) is 11.2 Å². The summed E-state index contributed by atoms with van der Waals surface area (Å²) in [5, 5.41) is 3.22. The van der Waals surface area contributed by atoms with Crippen LogP contribution in [0.5, 0.6) is 11.5 Å². The number of nitrogens with one attached hydrogen (secondary N) is 1. The molecule has 7 heteroatoms. The first kappa shape index (κ1) is 28.5. The molecule has 0 bridgehead atoms. The van der Waals surface area contributed by atoms with Crippen LogP contribution in [0.4, 0.5) is 0 Å². The summed E-state index contributed by atoms with van der Waals surface area (Å²) in [6.07, 6.45) is 9.06. The molecular weight excluding hydrogens is 502 g/mol. The predicted octanol–water partition coefficient (Wildman–Crippen LogP) is 5.08. The summed E-state index contributed by atoms with van der Waals surface area (Å²) in [6.45, 7) is 7.57. The van der Waals surface area contributed by atoms with Gasteiger partial charge < -0.3 is 19.7 Å². The van der Waals surface area contributed by atoms with Crippen molar-refractivity contribution in [3.63, 3.8) is 0 Å². The van der Waals surface area contributed by atoms with Gasteiger partial charge in [0, 0.05) is 25.2 Å². The summed E-state index contributed by atoms with van der Waals surface area (Å²) >= 11 is 0. The maximum atomic E-state index is 13.5. The minimum absolute atomic E-state index is 0.0293. The molecule has 1 atom stereocenters. The first-order valence-corrected chi connectivity index (χ1v) is 15.3. The first-order chi connectivity index (χ1) is 19.5. The lowest BCUT2D eigenvalue weighted by Crippen LogP contribution is -2.52. The SMILES string of the molecule is C[C@H]1COc2ccccc2CCCCC2(CCN(C(=O)c3ccc(OCCN4CCCCC4)cc3)CC2)C(=O)N1. The fourth-order valence-corrected chi connectivity index (χ4v) is 6.34. The normalized spacial score (nSPS) is 22.3. The van der Waals surface area contributed by atoms with Gasteiger partial charge in [0.1, 0.15) is 24.7 Å². The molecule has 0 aromatic heterocycles. The summed E-state index contributed by atoms with van der Waals surface area (Å²) in [4.78, 5) is 31.2. The highest BCUT2D eigenvalue weighted by Gasteiger charge is 2.42. The van der Waals surface area contributed by atoms with Crippen LogP contribution in [0.15, 0.2) is 48.5 Å². The number of hydrogen-bond acceptors (Lipinski definition) is 5. The number of fused-ring (bicyclic) bond motifs is 1. The largest absolute Gasteiger partial charge is 0.492 e. The molecule has 3 aliphatic rings. The molecule has 0 radical (unpaired) electrons. The lowest BCUT2D eigenvalue weighted by Gasteiger charge is -2.41. The molecule has 7 nitrogen and oxygen atoms in total. The molecule has 2 saturated heterocycles. The summed E-state index contributed by atoms with van der Waals surface area (Å²) in [7, 11) is 0. The summed E-state index contributed by atoms with van der Waals surface area (Å²) in [5.41, 5.74) is 1.47. The highest BCUT2D eigenvalue weighted by Crippen LogP contribution is 2.38. The number of hydrogen-bond donors (Lipinski definition) is 1. The van der Waals surface area contributed by atoms with Crippen molar-refractivity contribution in [1.29, 1.82) is 0 Å². The van der Waals surface area contributed by atoms with Gasteiger partial charge >= 0.3 is 0 Å². The zero-order valence-corrected chi connectivity index (χ0v) is 24.0. The molecule has 3 heterocycles. The van der Waals surface area contributed by atoms with Gasteiger partial charge in [-0.2, -0.15) is 0 Å². The fourth-order valence-electron chi connectivity index (χ4n) is 6.34. The fraction of sp³-hybridized carbons (Fsp3) is 0.576. The topological polar surface area (TPSA) is 71.1 Å². The van der Waals surface area contributed by atoms with E-state index in [4.69, 9.17) is 9.47 Å². The molecule has 2 aromatic rings. The van der Waals surface area contributed by atoms with E-state index in [2.05, 4.69) is 22.3 Å². The molecule has 1 spiro atoms. The van der Waals surface area contributed by atoms with Gasteiger partial charge in [0.15, 0.2) is 0 Å². The standard InChI is InChI=1S/C33H45N3O4/c1-26-25-40-30-11-4-3-9-27(30)10-5-6-16-33(32(38)34-26)17-21-36(22-18-33)31(37)28-12-14-29(15-13-28)39-24-23-35-19-7-2-8-20-35/h3-4,9,11-15,26H,2,5-8,10,16-25H2,1H3,(H,34,38)/t26-/m0/s1. The molecule has 0 aliphatic carbocycles. The van der Waals surface area contributed by atoms with Crippen LogP contribution in [0.3, 0.4) is 0 Å². The van der Waals surface area contributed by atoms with Crippen molar-refractivity contribution in [2.24, 2.45) is 5.41 Å². The lowest BCUT2D eigenvalue weighted by molar-refractivity contribution is -0.135. The molecule has 5 rings (SSSR count). The van der Waals surface area contributed by atoms with Crippen molar-refractivity contribution in [1.82, 2.24) is 15.1 Å². The van der Waals surface area contributed by atoms with Crippen LogP contribution in [0.2, 0.25) is 0 Å². The quantitative estimate of drug-likeness (QED) is 0.565. The van der Waals surface area contributed by atoms with E-state index in [1.54, 1.807) is 0 Å². The predicted molar refractivity (Wildman–Crippen MR) is 157 cm³/mol. The van der Waals surface area contributed by atoms with Gasteiger partial charge in [-0.25, -0.2) is 0 Å². The van der Waals surface area contributed by atoms with E-state index >= 15 is 0 Å². The number of aryl methyl sites for hydroxylation is 1. The van der Waals surface area contributed by atoms with E-state index in [-0.39, 0.29) is 17.9 Å². The Labute approximate surface area is 239 Å². The zero-order chi connectivity index (χ0) is 27.8. The van der Waals surface area contributed by atoms with Crippen molar-refractivity contribution in [3.05, 3.63) is 59.7 Å². The van der Waals surface area contributed by atoms with Crippen LogP contribution < -0.4 is 14.8 Å². The van der Waals surface area contributed by atoms with Crippen molar-refractivity contribution in [2.75, 3.05) is 45.9 Å². The van der Waals surface area contributed by atoms with Crippen molar-refractivity contribution >= 4 is 11.8 Å². The average molecular weight is 548 g/mol. The van der Waals surface area contributed by atoms with E-state index in [9.17, 15) is 9.59 Å². The number of likely N-dealkylation sites (tertiary alicyclic amines) is 2. The minimum atomic E-state index is -0.435. The van der Waals surface area contributed by atoms with Crippen LogP contribution in [0.25, 0.3) is 0 Å². The molecular formula is C33H45N3O4. The van der Waals surface area contributed by atoms with Crippen LogP contribution in [0, 0.1) is 5.41 Å². The van der Waals surface area contributed by atoms with E-state index in [1.807, 2.05) is 48.2 Å². The Bertz CT molecular complexity index is 1120. The van der Waals surface area contributed by atoms with Gasteiger partial charge in [0.2, 0.25) is 5.91 Å². The molecule has 3 aliphatic heterocycles. The van der Waals surface area contributed by atoms with Gasteiger partial charge in [-0.1, -0.05) is 31.0 Å². The van der Waals surface area contributed by atoms with Gasteiger partial charge in [0.05, 0.1) is 11.5 Å². The Morgan fingerprint density at radius 1 is 0.950 bits per heavy atom. The number of carbonyl (C=O) groups is 2. The highest BCUT2D eigenvalue weighted by molar-refractivity contribution is 5.94. The molecule has 2 fully saturated rings. The number of benzene rings is 2. The second-order valence-corrected chi connectivity index (χ2v) is 11.8. The Morgan fingerprint density at radius 2 is 1.70 bits per heavy atom. The number of nitrogens with zero attached hydrogens (tertiary/aromatic N) is 2. The molecule has 40 heavy (non-hydrogen) atoms. The van der Waals surface area contributed by atoms with Crippen molar-refractivity contribution in [3.8, 4) is 11.5 Å². The number of para-hydroxylation sites is 1. The zero-order valence-electron chi connectivity index (χ0n) is 24.0. The first-order valence-electron chi connectivity index (χ1n) is 15.3. The molecule has 0 unspecified atom stereocenters. The number of amides is 2. The molecule has 216 valence electrons. The molecule has 2 amide bonds. The van der Waals surface area contributed by atoms with Gasteiger partial charge in [-0.15, -0.1) is 0 Å². The average Bonchev–Trinajstić information content (AvgIpc) is 2.99. The third-order valence-corrected chi connectivity index (χ3v) is 8.91. The Balaban J connectivity index is 1.14. The minimum Gasteiger partial charge on any atom is -0.492 e. The van der Waals surface area contributed by atoms with Crippen LogP contribution in [0.1, 0.15) is 74.2 Å². The Morgan fingerprint density at radius 3 is 2.48 bits per heavy atom. The van der Waals surface area contributed by atoms with Crippen molar-refractivity contribution < 1.29 is 19.1 Å². The maximum Gasteiger partial charge on any atom is 0.253 e. The number of rotatable bonds is 5.